The molecule has 0 bridgehead atoms. The molecule has 2 aromatic heterocycles. The van der Waals surface area contributed by atoms with Crippen LogP contribution in [0.25, 0.3) is 10.9 Å². The van der Waals surface area contributed by atoms with E-state index in [2.05, 4.69) is 29.1 Å². The van der Waals surface area contributed by atoms with E-state index in [1.165, 1.54) is 0 Å². The van der Waals surface area contributed by atoms with Crippen LogP contribution in [0.1, 0.15) is 24.5 Å². The number of hydrogen-bond donors (Lipinski definition) is 2. The van der Waals surface area contributed by atoms with Crippen LogP contribution in [-0.4, -0.2) is 9.97 Å². The van der Waals surface area contributed by atoms with Gasteiger partial charge in [0.2, 0.25) is 0 Å². The number of benzene rings is 1. The second-order valence-electron chi connectivity index (χ2n) is 5.54. The number of thiazole rings is 1. The second-order valence-corrected chi connectivity index (χ2v) is 6.43. The van der Waals surface area contributed by atoms with Gasteiger partial charge in [-0.1, -0.05) is 18.2 Å². The van der Waals surface area contributed by atoms with E-state index in [1.807, 2.05) is 41.9 Å². The molecule has 0 fully saturated rings. The molecule has 0 saturated heterocycles. The maximum Gasteiger partial charge on any atom is 0.112 e. The normalized spacial score (nSPS) is 11.9. The van der Waals surface area contributed by atoms with E-state index in [0.29, 0.717) is 6.54 Å². The Bertz CT molecular complexity index is 750. The Morgan fingerprint density at radius 3 is 2.86 bits per heavy atom. The zero-order valence-electron chi connectivity index (χ0n) is 12.1. The highest BCUT2D eigenvalue weighted by atomic mass is 32.1. The van der Waals surface area contributed by atoms with Gasteiger partial charge in [-0.2, -0.15) is 0 Å². The first-order chi connectivity index (χ1) is 10.1. The number of nitrogens with two attached hydrogens (primary N) is 1. The Balaban J connectivity index is 1.82. The van der Waals surface area contributed by atoms with E-state index in [4.69, 9.17) is 5.73 Å². The van der Waals surface area contributed by atoms with E-state index in [1.54, 1.807) is 11.3 Å². The SMILES string of the molecule is CC(C)(NCc1cc(N)c2ccccc2n1)c1nccs1. The molecular formula is C16H18N4S. The van der Waals surface area contributed by atoms with Crippen LogP contribution in [0.2, 0.25) is 0 Å². The number of nitrogen functional groups attached to an aromatic ring is 1. The van der Waals surface area contributed by atoms with Crippen molar-refractivity contribution in [1.82, 2.24) is 15.3 Å². The lowest BCUT2D eigenvalue weighted by molar-refractivity contribution is 0.397. The smallest absolute Gasteiger partial charge is 0.112 e. The lowest BCUT2D eigenvalue weighted by atomic mass is 10.1. The molecule has 0 unspecified atom stereocenters. The Kier molecular flexibility index (Phi) is 3.61. The summed E-state index contributed by atoms with van der Waals surface area (Å²) in [5.41, 5.74) is 8.57. The monoisotopic (exact) mass is 298 g/mol. The molecular weight excluding hydrogens is 280 g/mol. The van der Waals surface area contributed by atoms with Crippen molar-refractivity contribution in [1.29, 1.82) is 0 Å². The molecule has 0 amide bonds. The molecule has 0 atom stereocenters. The zero-order chi connectivity index (χ0) is 14.9. The first-order valence-corrected chi connectivity index (χ1v) is 7.73. The third kappa shape index (κ3) is 2.89. The lowest BCUT2D eigenvalue weighted by Gasteiger charge is -2.23. The van der Waals surface area contributed by atoms with Gasteiger partial charge in [-0.15, -0.1) is 11.3 Å². The van der Waals surface area contributed by atoms with Crippen molar-refractivity contribution in [2.45, 2.75) is 25.9 Å². The molecule has 0 aliphatic heterocycles. The van der Waals surface area contributed by atoms with Crippen LogP contribution < -0.4 is 11.1 Å². The number of para-hydroxylation sites is 1. The molecule has 0 aliphatic rings. The van der Waals surface area contributed by atoms with Gasteiger partial charge in [-0.25, -0.2) is 4.98 Å². The van der Waals surface area contributed by atoms with E-state index < -0.39 is 0 Å². The largest absolute Gasteiger partial charge is 0.398 e. The van der Waals surface area contributed by atoms with Gasteiger partial charge in [0.1, 0.15) is 5.01 Å². The van der Waals surface area contributed by atoms with Crippen LogP contribution in [0, 0.1) is 0 Å². The van der Waals surface area contributed by atoms with Crippen molar-refractivity contribution < 1.29 is 0 Å². The summed E-state index contributed by atoms with van der Waals surface area (Å²) in [6, 6.07) is 9.87. The van der Waals surface area contributed by atoms with Crippen LogP contribution in [0.4, 0.5) is 5.69 Å². The minimum Gasteiger partial charge on any atom is -0.398 e. The van der Waals surface area contributed by atoms with Gasteiger partial charge in [0.15, 0.2) is 0 Å². The summed E-state index contributed by atoms with van der Waals surface area (Å²) >= 11 is 1.65. The molecule has 0 radical (unpaired) electrons. The predicted octanol–water partition coefficient (Wildman–Crippen LogP) is 3.30. The van der Waals surface area contributed by atoms with Crippen molar-refractivity contribution in [3.63, 3.8) is 0 Å². The Hall–Kier alpha value is -1.98. The number of rotatable bonds is 4. The van der Waals surface area contributed by atoms with Crippen LogP contribution in [-0.2, 0) is 12.1 Å². The zero-order valence-corrected chi connectivity index (χ0v) is 12.9. The summed E-state index contributed by atoms with van der Waals surface area (Å²) in [5, 5.41) is 7.56. The molecule has 0 aliphatic carbocycles. The Morgan fingerprint density at radius 2 is 2.10 bits per heavy atom. The van der Waals surface area contributed by atoms with Gasteiger partial charge < -0.3 is 11.1 Å². The highest BCUT2D eigenvalue weighted by Crippen LogP contribution is 2.24. The molecule has 0 spiro atoms. The van der Waals surface area contributed by atoms with Gasteiger partial charge in [0, 0.05) is 29.2 Å². The van der Waals surface area contributed by atoms with Gasteiger partial charge >= 0.3 is 0 Å². The maximum absolute atomic E-state index is 6.11. The quantitative estimate of drug-likeness (QED) is 0.775. The Morgan fingerprint density at radius 1 is 1.29 bits per heavy atom. The van der Waals surface area contributed by atoms with Gasteiger partial charge in [0.25, 0.3) is 0 Å². The highest BCUT2D eigenvalue weighted by molar-refractivity contribution is 7.09. The number of nitrogens with zero attached hydrogens (tertiary/aromatic N) is 2. The summed E-state index contributed by atoms with van der Waals surface area (Å²) < 4.78 is 0. The average molecular weight is 298 g/mol. The summed E-state index contributed by atoms with van der Waals surface area (Å²) in [5.74, 6) is 0. The van der Waals surface area contributed by atoms with Gasteiger partial charge in [0.05, 0.1) is 16.7 Å². The number of pyridine rings is 1. The van der Waals surface area contributed by atoms with Gasteiger partial charge in [-0.05, 0) is 26.0 Å². The topological polar surface area (TPSA) is 63.8 Å². The van der Waals surface area contributed by atoms with Crippen molar-refractivity contribution in [3.8, 4) is 0 Å². The fourth-order valence-electron chi connectivity index (χ4n) is 2.27. The number of hydrogen-bond acceptors (Lipinski definition) is 5. The van der Waals surface area contributed by atoms with Crippen LogP contribution in [0.3, 0.4) is 0 Å². The third-order valence-corrected chi connectivity index (χ3v) is 4.58. The fourth-order valence-corrected chi connectivity index (χ4v) is 3.01. The highest BCUT2D eigenvalue weighted by Gasteiger charge is 2.22. The standard InChI is InChI=1S/C16H18N4S/c1-16(2,15-18-7-8-21-15)19-10-11-9-13(17)12-5-3-4-6-14(12)20-11/h3-9,19H,10H2,1-2H3,(H2,17,20). The van der Waals surface area contributed by atoms with Crippen molar-refractivity contribution >= 4 is 27.9 Å². The maximum atomic E-state index is 6.11. The molecule has 2 heterocycles. The first-order valence-electron chi connectivity index (χ1n) is 6.85. The average Bonchev–Trinajstić information content (AvgIpc) is 3.00. The number of aromatic nitrogens is 2. The molecule has 4 nitrogen and oxygen atoms in total. The first kappa shape index (κ1) is 14.0. The number of nitrogens with one attached hydrogen (secondary N) is 1. The van der Waals surface area contributed by atoms with E-state index in [9.17, 15) is 0 Å². The summed E-state index contributed by atoms with van der Waals surface area (Å²) in [4.78, 5) is 9.04. The minimum absolute atomic E-state index is 0.184. The molecule has 21 heavy (non-hydrogen) atoms. The summed E-state index contributed by atoms with van der Waals surface area (Å²) in [6.07, 6.45) is 1.83. The van der Waals surface area contributed by atoms with Crippen LogP contribution in [0.5, 0.6) is 0 Å². The molecule has 108 valence electrons. The van der Waals surface area contributed by atoms with Crippen LogP contribution in [0.15, 0.2) is 41.9 Å². The lowest BCUT2D eigenvalue weighted by Crippen LogP contribution is -2.36. The summed E-state index contributed by atoms with van der Waals surface area (Å²) in [6.45, 7) is 4.90. The van der Waals surface area contributed by atoms with Crippen molar-refractivity contribution in [2.75, 3.05) is 5.73 Å². The molecule has 5 heteroatoms. The molecule has 3 aromatic rings. The fraction of sp³-hybridized carbons (Fsp3) is 0.250. The minimum atomic E-state index is -0.184. The Labute approximate surface area is 128 Å². The van der Waals surface area contributed by atoms with E-state index >= 15 is 0 Å². The molecule has 1 aromatic carbocycles. The molecule has 3 N–H and O–H groups in total. The number of fused-ring (bicyclic) bond motifs is 1. The van der Waals surface area contributed by atoms with Crippen LogP contribution >= 0.6 is 11.3 Å². The summed E-state index contributed by atoms with van der Waals surface area (Å²) in [7, 11) is 0. The number of anilines is 1. The van der Waals surface area contributed by atoms with Crippen molar-refractivity contribution in [3.05, 3.63) is 52.6 Å². The molecule has 0 saturated carbocycles. The third-order valence-electron chi connectivity index (χ3n) is 3.48. The second kappa shape index (κ2) is 5.42. The molecule has 3 rings (SSSR count). The van der Waals surface area contributed by atoms with E-state index in [-0.39, 0.29) is 5.54 Å². The predicted molar refractivity (Wildman–Crippen MR) is 88.1 cm³/mol. The van der Waals surface area contributed by atoms with E-state index in [0.717, 1.165) is 27.3 Å². The van der Waals surface area contributed by atoms with Gasteiger partial charge in [-0.3, -0.25) is 4.98 Å². The van der Waals surface area contributed by atoms with Crippen molar-refractivity contribution in [2.24, 2.45) is 0 Å².